The average Bonchev–Trinajstić information content (AvgIpc) is 2.31. The maximum absolute atomic E-state index is 11.5. The zero-order chi connectivity index (χ0) is 14.4. The molecule has 0 atom stereocenters. The lowest BCUT2D eigenvalue weighted by Crippen LogP contribution is -2.33. The molecule has 1 aromatic rings. The molecule has 19 heavy (non-hydrogen) atoms. The van der Waals surface area contributed by atoms with Crippen LogP contribution in [0.1, 0.15) is 11.3 Å². The monoisotopic (exact) mass is 263 g/mol. The van der Waals surface area contributed by atoms with E-state index in [1.807, 2.05) is 5.32 Å². The Bertz CT molecular complexity index is 532. The predicted molar refractivity (Wildman–Crippen MR) is 67.6 cm³/mol. The molecule has 0 aliphatic heterocycles. The molecule has 0 saturated carbocycles. The van der Waals surface area contributed by atoms with E-state index < -0.39 is 17.9 Å². The Morgan fingerprint density at radius 2 is 1.95 bits per heavy atom. The summed E-state index contributed by atoms with van der Waals surface area (Å²) in [5, 5.41) is 12.8. The van der Waals surface area contributed by atoms with Crippen LogP contribution >= 0.6 is 0 Å². The first-order valence-electron chi connectivity index (χ1n) is 5.35. The summed E-state index contributed by atoms with van der Waals surface area (Å²) in [6, 6.07) is 0.966. The Morgan fingerprint density at radius 3 is 2.53 bits per heavy atom. The van der Waals surface area contributed by atoms with Crippen LogP contribution in [0.15, 0.2) is 24.4 Å². The lowest BCUT2D eigenvalue weighted by molar-refractivity contribution is -0.131. The number of hydrogen-bond donors (Lipinski definition) is 3. The first kappa shape index (κ1) is 14.4. The summed E-state index contributed by atoms with van der Waals surface area (Å²) in [5.41, 5.74) is 1.93. The number of anilines is 1. The zero-order valence-corrected chi connectivity index (χ0v) is 10.4. The van der Waals surface area contributed by atoms with Crippen LogP contribution in [0.2, 0.25) is 0 Å². The standard InChI is InChI=1S/C12H13N3O4/c1-7-5-6-13-8(2)11(7)15-12(19)14-9(16)3-4-10(17)18/h3-6H,1-2H3,(H,17,18)(H2,14,15,16,19)/b4-3+. The third-order valence-electron chi connectivity index (χ3n) is 2.20. The Balaban J connectivity index is 2.66. The summed E-state index contributed by atoms with van der Waals surface area (Å²) >= 11 is 0. The van der Waals surface area contributed by atoms with E-state index in [1.165, 1.54) is 0 Å². The van der Waals surface area contributed by atoms with Crippen LogP contribution in [-0.2, 0) is 9.59 Å². The van der Waals surface area contributed by atoms with Crippen molar-refractivity contribution < 1.29 is 19.5 Å². The molecule has 0 saturated heterocycles. The summed E-state index contributed by atoms with van der Waals surface area (Å²) in [6.07, 6.45) is 3.00. The number of nitrogens with zero attached hydrogens (tertiary/aromatic N) is 1. The van der Waals surface area contributed by atoms with Gasteiger partial charge < -0.3 is 10.4 Å². The average molecular weight is 263 g/mol. The smallest absolute Gasteiger partial charge is 0.328 e. The number of hydrogen-bond acceptors (Lipinski definition) is 4. The lowest BCUT2D eigenvalue weighted by Gasteiger charge is -2.10. The number of nitrogens with one attached hydrogen (secondary N) is 2. The fourth-order valence-electron chi connectivity index (χ4n) is 1.33. The topological polar surface area (TPSA) is 108 Å². The molecular formula is C12H13N3O4. The van der Waals surface area contributed by atoms with Crippen molar-refractivity contribution >= 4 is 23.6 Å². The maximum atomic E-state index is 11.5. The molecule has 0 aliphatic carbocycles. The van der Waals surface area contributed by atoms with Gasteiger partial charge in [-0.15, -0.1) is 0 Å². The Morgan fingerprint density at radius 1 is 1.26 bits per heavy atom. The van der Waals surface area contributed by atoms with E-state index in [4.69, 9.17) is 5.11 Å². The highest BCUT2D eigenvalue weighted by molar-refractivity contribution is 6.06. The number of carbonyl (C=O) groups excluding carboxylic acids is 2. The molecule has 7 nitrogen and oxygen atoms in total. The molecule has 100 valence electrons. The van der Waals surface area contributed by atoms with E-state index in [-0.39, 0.29) is 0 Å². The highest BCUT2D eigenvalue weighted by Gasteiger charge is 2.09. The molecule has 0 spiro atoms. The van der Waals surface area contributed by atoms with Crippen molar-refractivity contribution in [3.8, 4) is 0 Å². The van der Waals surface area contributed by atoms with Gasteiger partial charge in [-0.25, -0.2) is 9.59 Å². The van der Waals surface area contributed by atoms with Crippen LogP contribution in [-0.4, -0.2) is 28.0 Å². The SMILES string of the molecule is Cc1ccnc(C)c1NC(=O)NC(=O)/C=C/C(=O)O. The number of imide groups is 1. The molecule has 0 aromatic carbocycles. The first-order valence-corrected chi connectivity index (χ1v) is 5.35. The van der Waals surface area contributed by atoms with Gasteiger partial charge in [0.1, 0.15) is 0 Å². The van der Waals surface area contributed by atoms with E-state index in [9.17, 15) is 14.4 Å². The number of aromatic nitrogens is 1. The quantitative estimate of drug-likeness (QED) is 0.704. The van der Waals surface area contributed by atoms with Crippen molar-refractivity contribution in [2.75, 3.05) is 5.32 Å². The van der Waals surface area contributed by atoms with Gasteiger partial charge in [-0.3, -0.25) is 15.1 Å². The number of aryl methyl sites for hydroxylation is 2. The molecule has 1 rings (SSSR count). The number of aliphatic carboxylic acids is 1. The minimum atomic E-state index is -1.27. The number of pyridine rings is 1. The molecule has 0 bridgehead atoms. The Kier molecular flexibility index (Phi) is 4.76. The highest BCUT2D eigenvalue weighted by Crippen LogP contribution is 2.16. The van der Waals surface area contributed by atoms with Gasteiger partial charge in [0.15, 0.2) is 0 Å². The largest absolute Gasteiger partial charge is 0.478 e. The molecule has 0 aliphatic rings. The fourth-order valence-corrected chi connectivity index (χ4v) is 1.33. The fraction of sp³-hybridized carbons (Fsp3) is 0.167. The number of carboxylic acid groups (broad SMARTS) is 1. The second-order valence-electron chi connectivity index (χ2n) is 3.70. The molecule has 1 heterocycles. The minimum absolute atomic E-state index is 0.509. The summed E-state index contributed by atoms with van der Waals surface area (Å²) in [5.74, 6) is -2.09. The molecule has 3 N–H and O–H groups in total. The van der Waals surface area contributed by atoms with Crippen molar-refractivity contribution in [1.29, 1.82) is 0 Å². The van der Waals surface area contributed by atoms with Gasteiger partial charge in [0.25, 0.3) is 5.91 Å². The number of carboxylic acids is 1. The number of amides is 3. The van der Waals surface area contributed by atoms with Gasteiger partial charge in [0, 0.05) is 18.3 Å². The van der Waals surface area contributed by atoms with Gasteiger partial charge in [0.05, 0.1) is 11.4 Å². The predicted octanol–water partition coefficient (Wildman–Crippen LogP) is 0.987. The van der Waals surface area contributed by atoms with Crippen LogP contribution in [0.25, 0.3) is 0 Å². The zero-order valence-electron chi connectivity index (χ0n) is 10.4. The van der Waals surface area contributed by atoms with Crippen molar-refractivity contribution in [2.24, 2.45) is 0 Å². The summed E-state index contributed by atoms with van der Waals surface area (Å²) in [7, 11) is 0. The molecule has 0 unspecified atom stereocenters. The van der Waals surface area contributed by atoms with Gasteiger partial charge in [-0.05, 0) is 25.5 Å². The van der Waals surface area contributed by atoms with Crippen LogP contribution in [0.4, 0.5) is 10.5 Å². The molecule has 0 radical (unpaired) electrons. The van der Waals surface area contributed by atoms with Crippen LogP contribution in [0, 0.1) is 13.8 Å². The van der Waals surface area contributed by atoms with Gasteiger partial charge in [-0.1, -0.05) is 0 Å². The third kappa shape index (κ3) is 4.58. The van der Waals surface area contributed by atoms with Crippen LogP contribution in [0.5, 0.6) is 0 Å². The van der Waals surface area contributed by atoms with Gasteiger partial charge in [-0.2, -0.15) is 0 Å². The van der Waals surface area contributed by atoms with E-state index in [0.29, 0.717) is 17.5 Å². The molecule has 7 heteroatoms. The summed E-state index contributed by atoms with van der Waals surface area (Å²) in [4.78, 5) is 36.9. The van der Waals surface area contributed by atoms with E-state index in [0.717, 1.165) is 11.6 Å². The van der Waals surface area contributed by atoms with Crippen molar-refractivity contribution in [3.05, 3.63) is 35.7 Å². The normalized spacial score (nSPS) is 10.2. The molecule has 0 fully saturated rings. The van der Waals surface area contributed by atoms with Crippen molar-refractivity contribution in [1.82, 2.24) is 10.3 Å². The lowest BCUT2D eigenvalue weighted by atomic mass is 10.2. The van der Waals surface area contributed by atoms with Crippen molar-refractivity contribution in [2.45, 2.75) is 13.8 Å². The summed E-state index contributed by atoms with van der Waals surface area (Å²) in [6.45, 7) is 3.51. The second-order valence-corrected chi connectivity index (χ2v) is 3.70. The molecular weight excluding hydrogens is 250 g/mol. The van der Waals surface area contributed by atoms with E-state index in [2.05, 4.69) is 10.3 Å². The number of carbonyl (C=O) groups is 3. The summed E-state index contributed by atoms with van der Waals surface area (Å²) < 4.78 is 0. The van der Waals surface area contributed by atoms with Gasteiger partial charge >= 0.3 is 12.0 Å². The third-order valence-corrected chi connectivity index (χ3v) is 2.20. The van der Waals surface area contributed by atoms with E-state index >= 15 is 0 Å². The Hall–Kier alpha value is -2.70. The van der Waals surface area contributed by atoms with Crippen molar-refractivity contribution in [3.63, 3.8) is 0 Å². The highest BCUT2D eigenvalue weighted by atomic mass is 16.4. The first-order chi connectivity index (χ1) is 8.90. The van der Waals surface area contributed by atoms with Gasteiger partial charge in [0.2, 0.25) is 0 Å². The van der Waals surface area contributed by atoms with Crippen LogP contribution < -0.4 is 10.6 Å². The molecule has 1 aromatic heterocycles. The molecule has 3 amide bonds. The van der Waals surface area contributed by atoms with Crippen LogP contribution in [0.3, 0.4) is 0 Å². The van der Waals surface area contributed by atoms with E-state index in [1.54, 1.807) is 26.1 Å². The minimum Gasteiger partial charge on any atom is -0.478 e. The second kappa shape index (κ2) is 6.29. The number of rotatable bonds is 3. The maximum Gasteiger partial charge on any atom is 0.328 e. The Labute approximate surface area is 109 Å². The number of urea groups is 1.